The number of hydrogen-bond donors (Lipinski definition) is 1. The molecule has 0 bridgehead atoms. The maximum Gasteiger partial charge on any atom is 0.263 e. The topological polar surface area (TPSA) is 81.9 Å². The lowest BCUT2D eigenvalue weighted by molar-refractivity contribution is -0.00339. The van der Waals surface area contributed by atoms with Crippen molar-refractivity contribution in [2.24, 2.45) is 0 Å². The van der Waals surface area contributed by atoms with Gasteiger partial charge in [-0.15, -0.1) is 16.4 Å². The van der Waals surface area contributed by atoms with Gasteiger partial charge in [-0.25, -0.2) is 0 Å². The van der Waals surface area contributed by atoms with E-state index in [-0.39, 0.29) is 11.9 Å². The Labute approximate surface area is 100 Å². The summed E-state index contributed by atoms with van der Waals surface area (Å²) in [7, 11) is 0. The number of carbonyl (C=O) groups is 1. The Morgan fingerprint density at radius 3 is 3.12 bits per heavy atom. The molecule has 8 heteroatoms. The molecule has 1 saturated heterocycles. The fraction of sp³-hybridized carbons (Fsp3) is 0.333. The van der Waals surface area contributed by atoms with Gasteiger partial charge in [0.2, 0.25) is 0 Å². The van der Waals surface area contributed by atoms with E-state index >= 15 is 0 Å². The molecule has 88 valence electrons. The number of aromatic nitrogens is 4. The van der Waals surface area contributed by atoms with Crippen molar-refractivity contribution in [2.75, 3.05) is 13.2 Å². The van der Waals surface area contributed by atoms with Crippen LogP contribution >= 0.6 is 11.3 Å². The molecule has 2 aromatic heterocycles. The summed E-state index contributed by atoms with van der Waals surface area (Å²) in [5, 5.41) is 15.6. The largest absolute Gasteiger partial charge is 0.377 e. The highest BCUT2D eigenvalue weighted by Crippen LogP contribution is 2.20. The minimum Gasteiger partial charge on any atom is -0.377 e. The number of rotatable bonds is 3. The number of amides is 1. The maximum atomic E-state index is 12.0. The Balaban J connectivity index is 1.83. The molecule has 3 heterocycles. The first-order chi connectivity index (χ1) is 8.34. The number of ether oxygens (including phenoxy) is 1. The van der Waals surface area contributed by atoms with Crippen LogP contribution in [0.1, 0.15) is 9.67 Å². The Bertz CT molecular complexity index is 519. The highest BCUT2D eigenvalue weighted by atomic mass is 32.1. The summed E-state index contributed by atoms with van der Waals surface area (Å²) in [6.45, 7) is 1.16. The first-order valence-corrected chi connectivity index (χ1v) is 5.92. The third-order valence-corrected chi connectivity index (χ3v) is 3.32. The Kier molecular flexibility index (Phi) is 2.57. The molecule has 3 rings (SSSR count). The van der Waals surface area contributed by atoms with Crippen molar-refractivity contribution in [3.05, 3.63) is 22.7 Å². The van der Waals surface area contributed by atoms with Crippen molar-refractivity contribution >= 4 is 17.2 Å². The molecule has 7 nitrogen and oxygen atoms in total. The van der Waals surface area contributed by atoms with E-state index in [0.717, 1.165) is 0 Å². The molecular weight excluding hydrogens is 242 g/mol. The number of thiophene rings is 1. The average Bonchev–Trinajstić information content (AvgIpc) is 2.91. The van der Waals surface area contributed by atoms with E-state index in [0.29, 0.717) is 23.8 Å². The van der Waals surface area contributed by atoms with Crippen LogP contribution in [0.15, 0.2) is 17.8 Å². The number of carbonyl (C=O) groups excluding carboxylic acids is 1. The van der Waals surface area contributed by atoms with Crippen LogP contribution in [-0.4, -0.2) is 45.4 Å². The van der Waals surface area contributed by atoms with Gasteiger partial charge in [0.25, 0.3) is 5.91 Å². The lowest BCUT2D eigenvalue weighted by atomic mass is 10.2. The van der Waals surface area contributed by atoms with Crippen LogP contribution in [0.4, 0.5) is 0 Å². The van der Waals surface area contributed by atoms with Crippen molar-refractivity contribution in [3.8, 4) is 5.69 Å². The highest BCUT2D eigenvalue weighted by Gasteiger charge is 2.23. The molecular formula is C9H9N5O2S. The molecule has 0 atom stereocenters. The first kappa shape index (κ1) is 10.4. The van der Waals surface area contributed by atoms with Gasteiger partial charge in [0.1, 0.15) is 11.2 Å². The number of hydrogen-bond acceptors (Lipinski definition) is 6. The number of tetrazole rings is 1. The average molecular weight is 251 g/mol. The van der Waals surface area contributed by atoms with Crippen molar-refractivity contribution in [2.45, 2.75) is 6.04 Å². The maximum absolute atomic E-state index is 12.0. The smallest absolute Gasteiger partial charge is 0.263 e. The zero-order valence-electron chi connectivity index (χ0n) is 8.74. The van der Waals surface area contributed by atoms with E-state index in [9.17, 15) is 4.79 Å². The van der Waals surface area contributed by atoms with E-state index in [1.807, 2.05) is 11.4 Å². The van der Waals surface area contributed by atoms with Gasteiger partial charge in [-0.3, -0.25) is 4.79 Å². The molecule has 0 spiro atoms. The van der Waals surface area contributed by atoms with Crippen molar-refractivity contribution < 1.29 is 9.53 Å². The second-order valence-corrected chi connectivity index (χ2v) is 4.51. The molecule has 1 amide bonds. The first-order valence-electron chi connectivity index (χ1n) is 5.04. The second kappa shape index (κ2) is 4.22. The van der Waals surface area contributed by atoms with E-state index in [1.54, 1.807) is 0 Å². The summed E-state index contributed by atoms with van der Waals surface area (Å²) >= 11 is 1.36. The lowest BCUT2D eigenvalue weighted by Crippen LogP contribution is -2.48. The van der Waals surface area contributed by atoms with Crippen molar-refractivity contribution in [1.82, 2.24) is 25.5 Å². The van der Waals surface area contributed by atoms with Crippen molar-refractivity contribution in [3.63, 3.8) is 0 Å². The standard InChI is InChI=1S/C9H9N5O2S/c15-9(11-6-3-16-4-6)8-7(1-2-17-8)14-5-10-12-13-14/h1-2,5-6H,3-4H2,(H,11,15). The van der Waals surface area contributed by atoms with Crippen LogP contribution in [0.25, 0.3) is 5.69 Å². The van der Waals surface area contributed by atoms with Crippen LogP contribution in [0.2, 0.25) is 0 Å². The number of nitrogens with one attached hydrogen (secondary N) is 1. The molecule has 17 heavy (non-hydrogen) atoms. The van der Waals surface area contributed by atoms with Gasteiger partial charge in [0.15, 0.2) is 0 Å². The quantitative estimate of drug-likeness (QED) is 0.820. The van der Waals surface area contributed by atoms with Crippen LogP contribution in [-0.2, 0) is 4.74 Å². The minimum atomic E-state index is -0.112. The lowest BCUT2D eigenvalue weighted by Gasteiger charge is -2.26. The SMILES string of the molecule is O=C(NC1COC1)c1sccc1-n1cnnn1. The molecule has 0 aliphatic carbocycles. The van der Waals surface area contributed by atoms with Crippen LogP contribution in [0.5, 0.6) is 0 Å². The third kappa shape index (κ3) is 1.92. The van der Waals surface area contributed by atoms with Crippen molar-refractivity contribution in [1.29, 1.82) is 0 Å². The van der Waals surface area contributed by atoms with E-state index in [2.05, 4.69) is 20.8 Å². The monoisotopic (exact) mass is 251 g/mol. The summed E-state index contributed by atoms with van der Waals surface area (Å²) in [5.74, 6) is -0.112. The van der Waals surface area contributed by atoms with Gasteiger partial charge in [0.05, 0.1) is 24.9 Å². The third-order valence-electron chi connectivity index (χ3n) is 2.42. The van der Waals surface area contributed by atoms with E-state index in [1.165, 1.54) is 22.3 Å². The predicted molar refractivity (Wildman–Crippen MR) is 59.1 cm³/mol. The van der Waals surface area contributed by atoms with Gasteiger partial charge in [-0.1, -0.05) is 0 Å². The molecule has 0 aromatic carbocycles. The molecule has 2 aromatic rings. The summed E-state index contributed by atoms with van der Waals surface area (Å²) in [6.07, 6.45) is 1.46. The Morgan fingerprint density at radius 2 is 2.47 bits per heavy atom. The van der Waals surface area contributed by atoms with E-state index in [4.69, 9.17) is 4.74 Å². The molecule has 1 aliphatic rings. The molecule has 1 N–H and O–H groups in total. The fourth-order valence-corrected chi connectivity index (χ4v) is 2.28. The van der Waals surface area contributed by atoms with Gasteiger partial charge >= 0.3 is 0 Å². The van der Waals surface area contributed by atoms with Crippen LogP contribution in [0.3, 0.4) is 0 Å². The molecule has 0 saturated carbocycles. The Morgan fingerprint density at radius 1 is 1.59 bits per heavy atom. The highest BCUT2D eigenvalue weighted by molar-refractivity contribution is 7.12. The molecule has 1 aliphatic heterocycles. The molecule has 0 unspecified atom stereocenters. The van der Waals surface area contributed by atoms with E-state index < -0.39 is 0 Å². The molecule has 1 fully saturated rings. The zero-order chi connectivity index (χ0) is 11.7. The van der Waals surface area contributed by atoms with Crippen LogP contribution in [0, 0.1) is 0 Å². The normalized spacial score (nSPS) is 15.5. The fourth-order valence-electron chi connectivity index (χ4n) is 1.49. The summed E-state index contributed by atoms with van der Waals surface area (Å²) in [6, 6.07) is 1.93. The minimum absolute atomic E-state index is 0.112. The summed E-state index contributed by atoms with van der Waals surface area (Å²) in [5.41, 5.74) is 0.692. The van der Waals surface area contributed by atoms with Gasteiger partial charge in [-0.05, 0) is 21.9 Å². The second-order valence-electron chi connectivity index (χ2n) is 3.60. The molecule has 0 radical (unpaired) electrons. The Hall–Kier alpha value is -1.80. The predicted octanol–water partition coefficient (Wildman–Crippen LogP) is -0.148. The van der Waals surface area contributed by atoms with Gasteiger partial charge in [-0.2, -0.15) is 4.68 Å². The van der Waals surface area contributed by atoms with Crippen LogP contribution < -0.4 is 5.32 Å². The van der Waals surface area contributed by atoms with Gasteiger partial charge < -0.3 is 10.1 Å². The summed E-state index contributed by atoms with van der Waals surface area (Å²) in [4.78, 5) is 12.6. The summed E-state index contributed by atoms with van der Waals surface area (Å²) < 4.78 is 6.48. The van der Waals surface area contributed by atoms with Gasteiger partial charge in [0, 0.05) is 0 Å². The number of nitrogens with zero attached hydrogens (tertiary/aromatic N) is 4. The zero-order valence-corrected chi connectivity index (χ0v) is 9.55.